The first-order valence-electron chi connectivity index (χ1n) is 8.95. The Labute approximate surface area is 159 Å². The molecule has 2 aromatic carbocycles. The minimum Gasteiger partial charge on any atom is -0.487 e. The van der Waals surface area contributed by atoms with E-state index in [4.69, 9.17) is 4.74 Å². The van der Waals surface area contributed by atoms with Crippen molar-refractivity contribution in [1.82, 2.24) is 9.97 Å². The number of hydrogen-bond acceptors (Lipinski definition) is 3. The summed E-state index contributed by atoms with van der Waals surface area (Å²) in [5, 5.41) is 0. The molecule has 2 heterocycles. The molecule has 0 atom stereocenters. The van der Waals surface area contributed by atoms with Crippen molar-refractivity contribution in [3.8, 4) is 28.0 Å². The summed E-state index contributed by atoms with van der Waals surface area (Å²) in [7, 11) is 0. The summed E-state index contributed by atoms with van der Waals surface area (Å²) in [5.74, 6) is 0.837. The molecule has 4 aromatic rings. The molecule has 0 aliphatic rings. The SMILES string of the molecule is Cc1cccc(COc2ccc(-c3ccccc3-c3ccncc3)cc2)n1. The Bertz CT molecular complexity index is 1030. The summed E-state index contributed by atoms with van der Waals surface area (Å²) < 4.78 is 5.88. The highest BCUT2D eigenvalue weighted by Gasteiger charge is 2.07. The number of hydrogen-bond donors (Lipinski definition) is 0. The second kappa shape index (κ2) is 7.83. The van der Waals surface area contributed by atoms with E-state index in [9.17, 15) is 0 Å². The molecular formula is C24H20N2O. The topological polar surface area (TPSA) is 35.0 Å². The summed E-state index contributed by atoms with van der Waals surface area (Å²) in [6, 6.07) is 26.6. The maximum Gasteiger partial charge on any atom is 0.130 e. The van der Waals surface area contributed by atoms with Gasteiger partial charge in [-0.3, -0.25) is 9.97 Å². The van der Waals surface area contributed by atoms with E-state index in [1.165, 1.54) is 11.1 Å². The van der Waals surface area contributed by atoms with Crippen LogP contribution in [0.1, 0.15) is 11.4 Å². The van der Waals surface area contributed by atoms with E-state index in [0.717, 1.165) is 28.3 Å². The van der Waals surface area contributed by atoms with E-state index in [2.05, 4.69) is 46.4 Å². The fourth-order valence-corrected chi connectivity index (χ4v) is 3.09. The number of ether oxygens (including phenoxy) is 1. The summed E-state index contributed by atoms with van der Waals surface area (Å²) >= 11 is 0. The lowest BCUT2D eigenvalue weighted by Crippen LogP contribution is -1.98. The van der Waals surface area contributed by atoms with Crippen LogP contribution in [0.5, 0.6) is 5.75 Å². The lowest BCUT2D eigenvalue weighted by atomic mass is 9.95. The smallest absolute Gasteiger partial charge is 0.130 e. The maximum atomic E-state index is 5.88. The summed E-state index contributed by atoms with van der Waals surface area (Å²) in [6.07, 6.45) is 3.64. The quantitative estimate of drug-likeness (QED) is 0.462. The van der Waals surface area contributed by atoms with E-state index in [1.54, 1.807) is 0 Å². The van der Waals surface area contributed by atoms with Gasteiger partial charge in [-0.15, -0.1) is 0 Å². The Kier molecular flexibility index (Phi) is 4.93. The predicted molar refractivity (Wildman–Crippen MR) is 108 cm³/mol. The van der Waals surface area contributed by atoms with Crippen LogP contribution in [0.15, 0.2) is 91.3 Å². The van der Waals surface area contributed by atoms with Gasteiger partial charge in [0.15, 0.2) is 0 Å². The molecule has 2 aromatic heterocycles. The van der Waals surface area contributed by atoms with E-state index in [1.807, 2.05) is 61.8 Å². The molecule has 0 unspecified atom stereocenters. The molecule has 132 valence electrons. The normalized spacial score (nSPS) is 10.6. The minimum atomic E-state index is 0.467. The standard InChI is InChI=1S/C24H20N2O/c1-18-5-4-6-21(26-18)17-27-22-11-9-19(10-12-22)23-7-2-3-8-24(23)20-13-15-25-16-14-20/h2-16H,17H2,1H3. The third-order valence-electron chi connectivity index (χ3n) is 4.42. The van der Waals surface area contributed by atoms with Gasteiger partial charge < -0.3 is 4.74 Å². The zero-order valence-corrected chi connectivity index (χ0v) is 15.2. The highest BCUT2D eigenvalue weighted by molar-refractivity contribution is 5.83. The monoisotopic (exact) mass is 352 g/mol. The number of benzene rings is 2. The van der Waals surface area contributed by atoms with Crippen LogP contribution in [-0.4, -0.2) is 9.97 Å². The van der Waals surface area contributed by atoms with Gasteiger partial charge in [0, 0.05) is 18.1 Å². The Morgan fingerprint density at radius 1 is 0.704 bits per heavy atom. The highest BCUT2D eigenvalue weighted by Crippen LogP contribution is 2.32. The van der Waals surface area contributed by atoms with Crippen molar-refractivity contribution < 1.29 is 4.74 Å². The molecule has 0 aliphatic heterocycles. The average molecular weight is 352 g/mol. The second-order valence-corrected chi connectivity index (χ2v) is 6.36. The number of rotatable bonds is 5. The maximum absolute atomic E-state index is 5.88. The largest absolute Gasteiger partial charge is 0.487 e. The fraction of sp³-hybridized carbons (Fsp3) is 0.0833. The van der Waals surface area contributed by atoms with E-state index in [-0.39, 0.29) is 0 Å². The van der Waals surface area contributed by atoms with Crippen LogP contribution in [0, 0.1) is 6.92 Å². The molecule has 0 amide bonds. The Morgan fingerprint density at radius 2 is 1.37 bits per heavy atom. The van der Waals surface area contributed by atoms with Crippen LogP contribution in [0.25, 0.3) is 22.3 Å². The van der Waals surface area contributed by atoms with Crippen molar-refractivity contribution in [3.63, 3.8) is 0 Å². The molecule has 4 rings (SSSR count). The molecule has 0 saturated carbocycles. The summed E-state index contributed by atoms with van der Waals surface area (Å²) in [4.78, 5) is 8.58. The van der Waals surface area contributed by atoms with Crippen LogP contribution in [0.4, 0.5) is 0 Å². The molecule has 0 bridgehead atoms. The molecule has 0 radical (unpaired) electrons. The van der Waals surface area contributed by atoms with Crippen molar-refractivity contribution >= 4 is 0 Å². The fourth-order valence-electron chi connectivity index (χ4n) is 3.09. The van der Waals surface area contributed by atoms with Crippen molar-refractivity contribution in [2.45, 2.75) is 13.5 Å². The molecule has 3 heteroatoms. The van der Waals surface area contributed by atoms with Gasteiger partial charge in [-0.05, 0) is 65.6 Å². The lowest BCUT2D eigenvalue weighted by Gasteiger charge is -2.11. The average Bonchev–Trinajstić information content (AvgIpc) is 2.73. The van der Waals surface area contributed by atoms with E-state index >= 15 is 0 Å². The van der Waals surface area contributed by atoms with Crippen molar-refractivity contribution in [1.29, 1.82) is 0 Å². The molecule has 0 aliphatic carbocycles. The van der Waals surface area contributed by atoms with Gasteiger partial charge in [0.1, 0.15) is 12.4 Å². The Hall–Kier alpha value is -3.46. The molecule has 0 N–H and O–H groups in total. The van der Waals surface area contributed by atoms with Gasteiger partial charge in [0.25, 0.3) is 0 Å². The molecule has 27 heavy (non-hydrogen) atoms. The van der Waals surface area contributed by atoms with Gasteiger partial charge in [0.05, 0.1) is 5.69 Å². The van der Waals surface area contributed by atoms with Gasteiger partial charge in [-0.1, -0.05) is 42.5 Å². The Balaban J connectivity index is 1.55. The van der Waals surface area contributed by atoms with Gasteiger partial charge in [-0.2, -0.15) is 0 Å². The first kappa shape index (κ1) is 17.0. The lowest BCUT2D eigenvalue weighted by molar-refractivity contribution is 0.301. The van der Waals surface area contributed by atoms with Crippen molar-refractivity contribution in [2.24, 2.45) is 0 Å². The van der Waals surface area contributed by atoms with Crippen molar-refractivity contribution in [2.75, 3.05) is 0 Å². The third-order valence-corrected chi connectivity index (χ3v) is 4.42. The Morgan fingerprint density at radius 3 is 2.04 bits per heavy atom. The number of pyridine rings is 2. The highest BCUT2D eigenvalue weighted by atomic mass is 16.5. The van der Waals surface area contributed by atoms with Gasteiger partial charge in [-0.25, -0.2) is 0 Å². The minimum absolute atomic E-state index is 0.467. The first-order valence-corrected chi connectivity index (χ1v) is 8.95. The third kappa shape index (κ3) is 4.04. The number of aromatic nitrogens is 2. The van der Waals surface area contributed by atoms with Gasteiger partial charge in [0.2, 0.25) is 0 Å². The number of aryl methyl sites for hydroxylation is 1. The van der Waals surface area contributed by atoms with Crippen LogP contribution >= 0.6 is 0 Å². The first-order chi connectivity index (χ1) is 13.3. The zero-order chi connectivity index (χ0) is 18.5. The van der Waals surface area contributed by atoms with Crippen molar-refractivity contribution in [3.05, 3.63) is 103 Å². The summed E-state index contributed by atoms with van der Waals surface area (Å²) in [5.41, 5.74) is 6.63. The molecule has 0 saturated heterocycles. The van der Waals surface area contributed by atoms with Gasteiger partial charge >= 0.3 is 0 Å². The van der Waals surface area contributed by atoms with Crippen LogP contribution in [0.2, 0.25) is 0 Å². The summed E-state index contributed by atoms with van der Waals surface area (Å²) in [6.45, 7) is 2.45. The van der Waals surface area contributed by atoms with Crippen LogP contribution < -0.4 is 4.74 Å². The van der Waals surface area contributed by atoms with E-state index < -0.39 is 0 Å². The molecule has 0 spiro atoms. The molecular weight excluding hydrogens is 332 g/mol. The zero-order valence-electron chi connectivity index (χ0n) is 15.2. The molecule has 3 nitrogen and oxygen atoms in total. The second-order valence-electron chi connectivity index (χ2n) is 6.36. The van der Waals surface area contributed by atoms with Crippen LogP contribution in [-0.2, 0) is 6.61 Å². The van der Waals surface area contributed by atoms with E-state index in [0.29, 0.717) is 6.61 Å². The predicted octanol–water partition coefficient (Wildman–Crippen LogP) is 5.70. The molecule has 0 fully saturated rings. The number of nitrogens with zero attached hydrogens (tertiary/aromatic N) is 2. The van der Waals surface area contributed by atoms with Crippen LogP contribution in [0.3, 0.4) is 0 Å².